The predicted molar refractivity (Wildman–Crippen MR) is 140 cm³/mol. The fourth-order valence-corrected chi connectivity index (χ4v) is 5.78. The number of fused-ring (bicyclic) bond motifs is 1. The zero-order valence-electron chi connectivity index (χ0n) is 21.0. The van der Waals surface area contributed by atoms with E-state index in [9.17, 15) is 19.0 Å². The molecule has 1 aliphatic heterocycles. The number of rotatable bonds is 6. The van der Waals surface area contributed by atoms with Gasteiger partial charge in [0.05, 0.1) is 39.2 Å². The molecule has 11 nitrogen and oxygen atoms in total. The van der Waals surface area contributed by atoms with Gasteiger partial charge in [-0.3, -0.25) is 0 Å². The highest BCUT2D eigenvalue weighted by Crippen LogP contribution is 2.40. The highest BCUT2D eigenvalue weighted by Gasteiger charge is 2.49. The van der Waals surface area contributed by atoms with E-state index < -0.39 is 48.7 Å². The average Bonchev–Trinajstić information content (AvgIpc) is 3.71. The zero-order valence-corrected chi connectivity index (χ0v) is 22.6. The number of methoxy groups -OCH3 is 1. The summed E-state index contributed by atoms with van der Waals surface area (Å²) in [5, 5.41) is 33.6. The van der Waals surface area contributed by atoms with Gasteiger partial charge in [0.25, 0.3) is 0 Å². The first-order valence-corrected chi connectivity index (χ1v) is 13.4. The van der Waals surface area contributed by atoms with Crippen LogP contribution in [0.4, 0.5) is 8.78 Å². The van der Waals surface area contributed by atoms with Crippen molar-refractivity contribution in [2.45, 2.75) is 37.4 Å². The van der Waals surface area contributed by atoms with Gasteiger partial charge in [-0.05, 0) is 37.3 Å². The highest BCUT2D eigenvalue weighted by molar-refractivity contribution is 7.16. The van der Waals surface area contributed by atoms with Crippen molar-refractivity contribution in [3.63, 3.8) is 0 Å². The van der Waals surface area contributed by atoms with Crippen LogP contribution in [0.5, 0.6) is 0 Å². The molecule has 0 unspecified atom stereocenters. The summed E-state index contributed by atoms with van der Waals surface area (Å²) in [6.45, 7) is 1.21. The highest BCUT2D eigenvalue weighted by atomic mass is 35.5. The maximum Gasteiger partial charge on any atom is 0.178 e. The third-order valence-electron chi connectivity index (χ3n) is 6.82. The Labute approximate surface area is 234 Å². The summed E-state index contributed by atoms with van der Waals surface area (Å²) in [7, 11) is 1.43. The number of nitrogens with zero attached hydrogens (tertiary/aromatic N) is 7. The minimum Gasteiger partial charge on any atom is -0.394 e. The van der Waals surface area contributed by atoms with Gasteiger partial charge in [0, 0.05) is 12.7 Å². The Morgan fingerprint density at radius 2 is 2.02 bits per heavy atom. The van der Waals surface area contributed by atoms with Crippen molar-refractivity contribution in [2.24, 2.45) is 0 Å². The molecule has 2 N–H and O–H groups in total. The maximum absolute atomic E-state index is 14.6. The molecule has 0 amide bonds. The van der Waals surface area contributed by atoms with Crippen molar-refractivity contribution < 1.29 is 28.5 Å². The number of thiazole rings is 1. The van der Waals surface area contributed by atoms with Gasteiger partial charge in [0.15, 0.2) is 17.5 Å². The molecule has 208 valence electrons. The number of halogens is 3. The summed E-state index contributed by atoms with van der Waals surface area (Å²) < 4.78 is 44.5. The molecule has 1 fully saturated rings. The fraction of sp³-hybridized carbons (Fsp3) is 0.320. The molecule has 2 aromatic carbocycles. The van der Waals surface area contributed by atoms with Crippen LogP contribution in [-0.4, -0.2) is 77.0 Å². The Balaban J connectivity index is 1.42. The smallest absolute Gasteiger partial charge is 0.178 e. The van der Waals surface area contributed by atoms with Crippen LogP contribution in [0.15, 0.2) is 42.0 Å². The lowest BCUT2D eigenvalue weighted by molar-refractivity contribution is -0.217. The summed E-state index contributed by atoms with van der Waals surface area (Å²) in [6, 6.07) is 7.19. The summed E-state index contributed by atoms with van der Waals surface area (Å²) >= 11 is 7.17. The molecule has 0 bridgehead atoms. The van der Waals surface area contributed by atoms with Crippen molar-refractivity contribution in [1.82, 2.24) is 34.7 Å². The summed E-state index contributed by atoms with van der Waals surface area (Å²) in [5.41, 5.74) is 3.15. The van der Waals surface area contributed by atoms with Gasteiger partial charge in [0.1, 0.15) is 42.0 Å². The number of aliphatic hydroxyl groups is 2. The largest absolute Gasteiger partial charge is 0.394 e. The molecule has 40 heavy (non-hydrogen) atoms. The molecule has 0 saturated carbocycles. The van der Waals surface area contributed by atoms with Crippen LogP contribution in [-0.2, 0) is 9.47 Å². The summed E-state index contributed by atoms with van der Waals surface area (Å²) in [5.74, 6) is -1.55. The molecule has 1 aliphatic rings. The van der Waals surface area contributed by atoms with Crippen LogP contribution in [0.2, 0.25) is 5.02 Å². The SMILES string of the molecule is CO[C@@H]1[C@@H](n2cc(-c3ccc(Cl)c(F)c3F)nn2)[C@@H](O)[C@@H](CO)O[C@H]1c1nc(C)nn1-c1ccc2ncsc2c1. The first kappa shape index (κ1) is 26.8. The van der Waals surface area contributed by atoms with E-state index in [-0.39, 0.29) is 16.3 Å². The number of aromatic nitrogens is 7. The molecule has 15 heteroatoms. The molecule has 4 heterocycles. The topological polar surface area (TPSA) is 133 Å². The molecule has 0 spiro atoms. The van der Waals surface area contributed by atoms with Gasteiger partial charge in [-0.2, -0.15) is 5.10 Å². The maximum atomic E-state index is 14.6. The Morgan fingerprint density at radius 3 is 2.80 bits per heavy atom. The Hall–Kier alpha value is -3.40. The predicted octanol–water partition coefficient (Wildman–Crippen LogP) is 3.42. The van der Waals surface area contributed by atoms with Gasteiger partial charge >= 0.3 is 0 Å². The van der Waals surface area contributed by atoms with E-state index in [2.05, 4.69) is 25.4 Å². The second-order valence-electron chi connectivity index (χ2n) is 9.20. The first-order valence-electron chi connectivity index (χ1n) is 12.1. The molecule has 0 radical (unpaired) electrons. The molecule has 5 atom stereocenters. The lowest BCUT2D eigenvalue weighted by Crippen LogP contribution is -2.53. The lowest BCUT2D eigenvalue weighted by atomic mass is 9.92. The molecule has 6 rings (SSSR count). The first-order chi connectivity index (χ1) is 19.3. The number of hydrogen-bond acceptors (Lipinski definition) is 10. The van der Waals surface area contributed by atoms with Crippen molar-refractivity contribution in [3.05, 3.63) is 70.3 Å². The molecule has 1 saturated heterocycles. The van der Waals surface area contributed by atoms with E-state index in [0.29, 0.717) is 17.3 Å². The molecular weight excluding hydrogens is 568 g/mol. The van der Waals surface area contributed by atoms with Crippen molar-refractivity contribution in [2.75, 3.05) is 13.7 Å². The molecule has 0 aliphatic carbocycles. The fourth-order valence-electron chi connectivity index (χ4n) is 4.92. The van der Waals surface area contributed by atoms with Crippen LogP contribution >= 0.6 is 22.9 Å². The number of hydrogen-bond donors (Lipinski definition) is 2. The van der Waals surface area contributed by atoms with E-state index in [1.807, 2.05) is 18.2 Å². The number of aliphatic hydroxyl groups excluding tert-OH is 2. The van der Waals surface area contributed by atoms with Crippen molar-refractivity contribution in [1.29, 1.82) is 0 Å². The minimum atomic E-state index is -1.31. The van der Waals surface area contributed by atoms with Gasteiger partial charge in [-0.25, -0.2) is 28.1 Å². The lowest BCUT2D eigenvalue weighted by Gasteiger charge is -2.43. The Morgan fingerprint density at radius 1 is 1.20 bits per heavy atom. The number of benzene rings is 2. The van der Waals surface area contributed by atoms with E-state index in [1.54, 1.807) is 17.1 Å². The van der Waals surface area contributed by atoms with Crippen LogP contribution in [0.25, 0.3) is 27.2 Å². The van der Waals surface area contributed by atoms with Crippen molar-refractivity contribution >= 4 is 33.2 Å². The number of aryl methyl sites for hydroxylation is 1. The Kier molecular flexibility index (Phi) is 7.06. The van der Waals surface area contributed by atoms with E-state index in [1.165, 1.54) is 41.5 Å². The standard InChI is InChI=1S/C25H22ClF2N7O4S/c1-11-30-25(35(32-11)12-3-6-15-18(7-12)40-10-29-15)24-23(38-2)21(22(37)17(9-36)39-24)34-8-16(31-33-34)13-4-5-14(26)20(28)19(13)27/h3-8,10,17,21-24,36-37H,9H2,1-2H3/t17-,21+,22+,23-,24-/m1/s1. The quantitative estimate of drug-likeness (QED) is 0.286. The third-order valence-corrected chi connectivity index (χ3v) is 7.90. The number of ether oxygens (including phenoxy) is 2. The second kappa shape index (κ2) is 10.5. The molecule has 3 aromatic heterocycles. The van der Waals surface area contributed by atoms with E-state index in [0.717, 1.165) is 10.2 Å². The van der Waals surface area contributed by atoms with Gasteiger partial charge in [0.2, 0.25) is 0 Å². The zero-order chi connectivity index (χ0) is 28.1. The molecular formula is C25H22ClF2N7O4S. The molecule has 5 aromatic rings. The Bertz CT molecular complexity index is 1690. The summed E-state index contributed by atoms with van der Waals surface area (Å²) in [4.78, 5) is 8.92. The van der Waals surface area contributed by atoms with Crippen molar-refractivity contribution in [3.8, 4) is 16.9 Å². The average molecular weight is 590 g/mol. The van der Waals surface area contributed by atoms with E-state index >= 15 is 0 Å². The van der Waals surface area contributed by atoms with Crippen LogP contribution in [0.3, 0.4) is 0 Å². The van der Waals surface area contributed by atoms with E-state index in [4.69, 9.17) is 21.1 Å². The van der Waals surface area contributed by atoms with Gasteiger partial charge in [-0.15, -0.1) is 16.4 Å². The van der Waals surface area contributed by atoms with Crippen LogP contribution in [0.1, 0.15) is 23.8 Å². The summed E-state index contributed by atoms with van der Waals surface area (Å²) in [6.07, 6.45) is -2.84. The minimum absolute atomic E-state index is 0.00980. The normalized spacial score (nSPS) is 23.2. The third kappa shape index (κ3) is 4.46. The second-order valence-corrected chi connectivity index (χ2v) is 10.5. The van der Waals surface area contributed by atoms with Gasteiger partial charge < -0.3 is 19.7 Å². The van der Waals surface area contributed by atoms with Gasteiger partial charge in [-0.1, -0.05) is 16.8 Å². The van der Waals surface area contributed by atoms with Crippen LogP contribution in [0, 0.1) is 18.6 Å². The monoisotopic (exact) mass is 589 g/mol. The van der Waals surface area contributed by atoms with Crippen LogP contribution < -0.4 is 0 Å².